The molecular formula is C17H18N2O2. The third kappa shape index (κ3) is 3.47. The summed E-state index contributed by atoms with van der Waals surface area (Å²) in [5.74, 6) is 0.424. The average Bonchev–Trinajstić information content (AvgIpc) is 3.07. The van der Waals surface area contributed by atoms with Crippen LogP contribution < -0.4 is 5.32 Å². The number of aromatic nitrogens is 1. The van der Waals surface area contributed by atoms with Crippen LogP contribution in [0.3, 0.4) is 0 Å². The maximum atomic E-state index is 12.1. The summed E-state index contributed by atoms with van der Waals surface area (Å²) in [6.45, 7) is 2.24. The van der Waals surface area contributed by atoms with Gasteiger partial charge in [-0.25, -0.2) is 0 Å². The number of ether oxygens (including phenoxy) is 1. The van der Waals surface area contributed by atoms with Gasteiger partial charge in [0.15, 0.2) is 0 Å². The van der Waals surface area contributed by atoms with Gasteiger partial charge in [-0.2, -0.15) is 0 Å². The lowest BCUT2D eigenvalue weighted by Gasteiger charge is -2.10. The molecule has 1 N–H and O–H groups in total. The molecule has 2 aromatic rings. The van der Waals surface area contributed by atoms with Crippen LogP contribution >= 0.6 is 0 Å². The Kier molecular flexibility index (Phi) is 4.26. The summed E-state index contributed by atoms with van der Waals surface area (Å²) >= 11 is 0. The van der Waals surface area contributed by atoms with Gasteiger partial charge < -0.3 is 10.1 Å². The van der Waals surface area contributed by atoms with Crippen molar-refractivity contribution in [1.29, 1.82) is 0 Å². The van der Waals surface area contributed by atoms with Gasteiger partial charge in [0, 0.05) is 37.0 Å². The van der Waals surface area contributed by atoms with Gasteiger partial charge in [0.25, 0.3) is 5.91 Å². The van der Waals surface area contributed by atoms with E-state index in [1.807, 2.05) is 36.4 Å². The van der Waals surface area contributed by atoms with E-state index < -0.39 is 0 Å². The number of carbonyl (C=O) groups is 1. The number of hydrogen-bond acceptors (Lipinski definition) is 3. The number of nitrogens with zero attached hydrogens (tertiary/aromatic N) is 1. The van der Waals surface area contributed by atoms with Gasteiger partial charge >= 0.3 is 0 Å². The highest BCUT2D eigenvalue weighted by Gasteiger charge is 2.16. The number of amides is 1. The fourth-order valence-corrected chi connectivity index (χ4v) is 2.44. The normalized spacial score (nSPS) is 17.6. The Morgan fingerprint density at radius 1 is 1.14 bits per heavy atom. The van der Waals surface area contributed by atoms with Gasteiger partial charge in [-0.1, -0.05) is 12.1 Å². The maximum Gasteiger partial charge on any atom is 0.251 e. The van der Waals surface area contributed by atoms with Crippen LogP contribution in [0.15, 0.2) is 48.8 Å². The van der Waals surface area contributed by atoms with Gasteiger partial charge in [0.1, 0.15) is 0 Å². The molecule has 1 aliphatic rings. The van der Waals surface area contributed by atoms with Crippen molar-refractivity contribution in [2.45, 2.75) is 6.42 Å². The van der Waals surface area contributed by atoms with Gasteiger partial charge in [-0.05, 0) is 41.8 Å². The van der Waals surface area contributed by atoms with Crippen molar-refractivity contribution >= 4 is 5.91 Å². The number of benzene rings is 1. The molecule has 108 valence electrons. The molecule has 0 aliphatic carbocycles. The van der Waals surface area contributed by atoms with E-state index in [9.17, 15) is 4.79 Å². The minimum absolute atomic E-state index is 0.0248. The van der Waals surface area contributed by atoms with Crippen molar-refractivity contribution in [2.75, 3.05) is 19.8 Å². The molecular weight excluding hydrogens is 264 g/mol. The summed E-state index contributed by atoms with van der Waals surface area (Å²) in [6.07, 6.45) is 4.56. The lowest BCUT2D eigenvalue weighted by molar-refractivity contribution is 0.0945. The average molecular weight is 282 g/mol. The van der Waals surface area contributed by atoms with Crippen LogP contribution in [0.2, 0.25) is 0 Å². The Morgan fingerprint density at radius 2 is 1.86 bits per heavy atom. The zero-order valence-corrected chi connectivity index (χ0v) is 11.8. The number of nitrogens with one attached hydrogen (secondary N) is 1. The van der Waals surface area contributed by atoms with Crippen LogP contribution in [0.4, 0.5) is 0 Å². The van der Waals surface area contributed by atoms with Gasteiger partial charge in [0.2, 0.25) is 0 Å². The van der Waals surface area contributed by atoms with E-state index in [1.165, 1.54) is 0 Å². The molecule has 1 fully saturated rings. The van der Waals surface area contributed by atoms with Crippen molar-refractivity contribution in [3.05, 3.63) is 54.4 Å². The Balaban J connectivity index is 1.62. The van der Waals surface area contributed by atoms with E-state index in [4.69, 9.17) is 4.74 Å². The van der Waals surface area contributed by atoms with Crippen LogP contribution in [0, 0.1) is 5.92 Å². The Morgan fingerprint density at radius 3 is 2.52 bits per heavy atom. The molecule has 0 radical (unpaired) electrons. The topological polar surface area (TPSA) is 51.2 Å². The zero-order chi connectivity index (χ0) is 14.5. The van der Waals surface area contributed by atoms with E-state index in [1.54, 1.807) is 12.4 Å². The third-order valence-electron chi connectivity index (χ3n) is 3.74. The second kappa shape index (κ2) is 6.50. The van der Waals surface area contributed by atoms with Crippen molar-refractivity contribution in [1.82, 2.24) is 10.3 Å². The number of hydrogen-bond donors (Lipinski definition) is 1. The molecule has 1 atom stereocenters. The molecule has 4 heteroatoms. The van der Waals surface area contributed by atoms with Crippen molar-refractivity contribution in [3.8, 4) is 11.1 Å². The minimum atomic E-state index is -0.0248. The van der Waals surface area contributed by atoms with Crippen LogP contribution in [0.25, 0.3) is 11.1 Å². The molecule has 0 saturated carbocycles. The first-order valence-electron chi connectivity index (χ1n) is 7.19. The van der Waals surface area contributed by atoms with Gasteiger partial charge in [-0.3, -0.25) is 9.78 Å². The highest BCUT2D eigenvalue weighted by atomic mass is 16.5. The van der Waals surface area contributed by atoms with Crippen molar-refractivity contribution in [3.63, 3.8) is 0 Å². The molecule has 1 aliphatic heterocycles. The van der Waals surface area contributed by atoms with Crippen molar-refractivity contribution in [2.24, 2.45) is 5.92 Å². The van der Waals surface area contributed by atoms with Gasteiger partial charge in [-0.15, -0.1) is 0 Å². The lowest BCUT2D eigenvalue weighted by Crippen LogP contribution is -2.29. The first kappa shape index (κ1) is 13.8. The van der Waals surface area contributed by atoms with E-state index in [-0.39, 0.29) is 5.91 Å². The quantitative estimate of drug-likeness (QED) is 0.937. The fraction of sp³-hybridized carbons (Fsp3) is 0.294. The molecule has 1 aromatic heterocycles. The molecule has 0 spiro atoms. The monoisotopic (exact) mass is 282 g/mol. The molecule has 0 bridgehead atoms. The molecule has 1 saturated heterocycles. The molecule has 1 amide bonds. The second-order valence-electron chi connectivity index (χ2n) is 5.25. The van der Waals surface area contributed by atoms with E-state index >= 15 is 0 Å². The molecule has 3 rings (SSSR count). The third-order valence-corrected chi connectivity index (χ3v) is 3.74. The van der Waals surface area contributed by atoms with Crippen LogP contribution in [0.5, 0.6) is 0 Å². The number of rotatable bonds is 4. The van der Waals surface area contributed by atoms with Crippen LogP contribution in [0.1, 0.15) is 16.8 Å². The Labute approximate surface area is 124 Å². The predicted octanol–water partition coefficient (Wildman–Crippen LogP) is 2.51. The molecule has 0 unspecified atom stereocenters. The van der Waals surface area contributed by atoms with E-state index in [0.29, 0.717) is 18.0 Å². The highest BCUT2D eigenvalue weighted by Crippen LogP contribution is 2.18. The highest BCUT2D eigenvalue weighted by molar-refractivity contribution is 5.94. The molecule has 1 aromatic carbocycles. The van der Waals surface area contributed by atoms with Gasteiger partial charge in [0.05, 0.1) is 6.61 Å². The molecule has 21 heavy (non-hydrogen) atoms. The summed E-state index contributed by atoms with van der Waals surface area (Å²) in [5.41, 5.74) is 2.87. The second-order valence-corrected chi connectivity index (χ2v) is 5.25. The summed E-state index contributed by atoms with van der Waals surface area (Å²) < 4.78 is 5.30. The minimum Gasteiger partial charge on any atom is -0.381 e. The standard InChI is InChI=1S/C17H18N2O2/c20-17(19-11-13-7-10-21-12-13)16-3-1-14(2-4-16)15-5-8-18-9-6-15/h1-6,8-9,13H,7,10-12H2,(H,19,20)/t13-/m1/s1. The van der Waals surface area contributed by atoms with Crippen LogP contribution in [-0.4, -0.2) is 30.6 Å². The fourth-order valence-electron chi connectivity index (χ4n) is 2.44. The summed E-state index contributed by atoms with van der Waals surface area (Å²) in [6, 6.07) is 11.5. The number of pyridine rings is 1. The maximum absolute atomic E-state index is 12.1. The first-order valence-corrected chi connectivity index (χ1v) is 7.19. The summed E-state index contributed by atoms with van der Waals surface area (Å²) in [7, 11) is 0. The smallest absolute Gasteiger partial charge is 0.251 e. The van der Waals surface area contributed by atoms with E-state index in [0.717, 1.165) is 30.8 Å². The molecule has 2 heterocycles. The Hall–Kier alpha value is -2.20. The first-order chi connectivity index (χ1) is 10.3. The van der Waals surface area contributed by atoms with Crippen molar-refractivity contribution < 1.29 is 9.53 Å². The van der Waals surface area contributed by atoms with E-state index in [2.05, 4.69) is 10.3 Å². The summed E-state index contributed by atoms with van der Waals surface area (Å²) in [4.78, 5) is 16.1. The van der Waals surface area contributed by atoms with Crippen LogP contribution in [-0.2, 0) is 4.74 Å². The largest absolute Gasteiger partial charge is 0.381 e. The molecule has 4 nitrogen and oxygen atoms in total. The summed E-state index contributed by atoms with van der Waals surface area (Å²) in [5, 5.41) is 2.97. The predicted molar refractivity (Wildman–Crippen MR) is 80.9 cm³/mol. The lowest BCUT2D eigenvalue weighted by atomic mass is 10.0. The number of carbonyl (C=O) groups excluding carboxylic acids is 1. The SMILES string of the molecule is O=C(NC[C@H]1CCOC1)c1ccc(-c2ccncc2)cc1. The zero-order valence-electron chi connectivity index (χ0n) is 11.8. The Bertz CT molecular complexity index is 590.